The van der Waals surface area contributed by atoms with Crippen LogP contribution in [0.5, 0.6) is 0 Å². The Bertz CT molecular complexity index is 393. The Balaban J connectivity index is 2.56. The molecule has 18 heavy (non-hydrogen) atoms. The normalized spacial score (nSPS) is 13.9. The molecular weight excluding hydrogens is 228 g/mol. The van der Waals surface area contributed by atoms with Gasteiger partial charge in [0.05, 0.1) is 5.92 Å². The standard InChI is InChI=1S/C14H22N2O2/c1-10(7-8-18-3)16-14(17)11(2)12-5-4-6-13(15)9-12/h4-6,9-11H,7-8,15H2,1-3H3,(H,16,17). The van der Waals surface area contributed by atoms with Gasteiger partial charge in [0, 0.05) is 25.4 Å². The molecule has 0 aromatic heterocycles. The summed E-state index contributed by atoms with van der Waals surface area (Å²) in [5.74, 6) is -0.178. The number of rotatable bonds is 6. The summed E-state index contributed by atoms with van der Waals surface area (Å²) in [6.45, 7) is 4.50. The average molecular weight is 250 g/mol. The molecule has 0 radical (unpaired) electrons. The van der Waals surface area contributed by atoms with Crippen molar-refractivity contribution in [2.45, 2.75) is 32.2 Å². The third-order valence-electron chi connectivity index (χ3n) is 2.95. The Morgan fingerprint density at radius 3 is 2.78 bits per heavy atom. The molecular formula is C14H22N2O2. The molecule has 0 aliphatic heterocycles. The van der Waals surface area contributed by atoms with Crippen LogP contribution >= 0.6 is 0 Å². The molecule has 1 aromatic rings. The summed E-state index contributed by atoms with van der Waals surface area (Å²) in [6, 6.07) is 7.55. The smallest absolute Gasteiger partial charge is 0.227 e. The van der Waals surface area contributed by atoms with E-state index in [1.807, 2.05) is 38.1 Å². The molecule has 0 saturated carbocycles. The van der Waals surface area contributed by atoms with Crippen molar-refractivity contribution in [2.75, 3.05) is 19.5 Å². The lowest BCUT2D eigenvalue weighted by Gasteiger charge is -2.17. The van der Waals surface area contributed by atoms with Gasteiger partial charge in [-0.1, -0.05) is 12.1 Å². The number of ether oxygens (including phenoxy) is 1. The van der Waals surface area contributed by atoms with Gasteiger partial charge in [-0.2, -0.15) is 0 Å². The summed E-state index contributed by atoms with van der Waals surface area (Å²) in [7, 11) is 1.66. The lowest BCUT2D eigenvalue weighted by molar-refractivity contribution is -0.122. The molecule has 0 saturated heterocycles. The van der Waals surface area contributed by atoms with Crippen LogP contribution < -0.4 is 11.1 Å². The van der Waals surface area contributed by atoms with Crippen LogP contribution in [0, 0.1) is 0 Å². The molecule has 0 aliphatic carbocycles. The highest BCUT2D eigenvalue weighted by Gasteiger charge is 2.17. The largest absolute Gasteiger partial charge is 0.399 e. The van der Waals surface area contributed by atoms with Crippen LogP contribution in [0.1, 0.15) is 31.7 Å². The fraction of sp³-hybridized carbons (Fsp3) is 0.500. The van der Waals surface area contributed by atoms with Gasteiger partial charge in [0.1, 0.15) is 0 Å². The number of hydrogen-bond acceptors (Lipinski definition) is 3. The number of nitrogens with one attached hydrogen (secondary N) is 1. The third-order valence-corrected chi connectivity index (χ3v) is 2.95. The number of anilines is 1. The first kappa shape index (κ1) is 14.5. The van der Waals surface area contributed by atoms with Crippen molar-refractivity contribution in [2.24, 2.45) is 0 Å². The first-order valence-corrected chi connectivity index (χ1v) is 6.19. The summed E-state index contributed by atoms with van der Waals surface area (Å²) in [5.41, 5.74) is 7.33. The van der Waals surface area contributed by atoms with Gasteiger partial charge in [-0.3, -0.25) is 4.79 Å². The van der Waals surface area contributed by atoms with E-state index >= 15 is 0 Å². The lowest BCUT2D eigenvalue weighted by Crippen LogP contribution is -2.36. The van der Waals surface area contributed by atoms with Gasteiger partial charge in [-0.05, 0) is 38.0 Å². The molecule has 0 fully saturated rings. The van der Waals surface area contributed by atoms with E-state index in [2.05, 4.69) is 5.32 Å². The molecule has 4 nitrogen and oxygen atoms in total. The summed E-state index contributed by atoms with van der Waals surface area (Å²) in [4.78, 5) is 12.0. The van der Waals surface area contributed by atoms with Crippen LogP contribution in [0.25, 0.3) is 0 Å². The maximum absolute atomic E-state index is 12.0. The van der Waals surface area contributed by atoms with Crippen LogP contribution in [-0.4, -0.2) is 25.7 Å². The quantitative estimate of drug-likeness (QED) is 0.758. The van der Waals surface area contributed by atoms with Crippen molar-refractivity contribution in [1.29, 1.82) is 0 Å². The van der Waals surface area contributed by atoms with Gasteiger partial charge in [-0.25, -0.2) is 0 Å². The topological polar surface area (TPSA) is 64.3 Å². The molecule has 100 valence electrons. The second-order valence-electron chi connectivity index (χ2n) is 4.58. The van der Waals surface area contributed by atoms with E-state index in [1.165, 1.54) is 0 Å². The Kier molecular flexibility index (Phi) is 5.65. The van der Waals surface area contributed by atoms with E-state index in [9.17, 15) is 4.79 Å². The summed E-state index contributed by atoms with van der Waals surface area (Å²) in [6.07, 6.45) is 0.811. The maximum atomic E-state index is 12.0. The van der Waals surface area contributed by atoms with Gasteiger partial charge in [0.15, 0.2) is 0 Å². The number of nitrogen functional groups attached to an aromatic ring is 1. The van der Waals surface area contributed by atoms with E-state index in [1.54, 1.807) is 7.11 Å². The molecule has 0 heterocycles. The number of hydrogen-bond donors (Lipinski definition) is 2. The summed E-state index contributed by atoms with van der Waals surface area (Å²) < 4.78 is 4.99. The fourth-order valence-electron chi connectivity index (χ4n) is 1.71. The summed E-state index contributed by atoms with van der Waals surface area (Å²) >= 11 is 0. The predicted octanol–water partition coefficient (Wildman–Crippen LogP) is 1.91. The van der Waals surface area contributed by atoms with Crippen LogP contribution in [-0.2, 0) is 9.53 Å². The van der Waals surface area contributed by atoms with Gasteiger partial charge in [-0.15, -0.1) is 0 Å². The number of amides is 1. The molecule has 0 bridgehead atoms. The van der Waals surface area contributed by atoms with E-state index in [4.69, 9.17) is 10.5 Å². The molecule has 1 rings (SSSR count). The van der Waals surface area contributed by atoms with Crippen LogP contribution in [0.2, 0.25) is 0 Å². The highest BCUT2D eigenvalue weighted by atomic mass is 16.5. The van der Waals surface area contributed by atoms with E-state index in [0.29, 0.717) is 12.3 Å². The number of carbonyl (C=O) groups excluding carboxylic acids is 1. The van der Waals surface area contributed by atoms with Gasteiger partial charge >= 0.3 is 0 Å². The first-order chi connectivity index (χ1) is 8.54. The van der Waals surface area contributed by atoms with E-state index < -0.39 is 0 Å². The minimum absolute atomic E-state index is 0.0178. The van der Waals surface area contributed by atoms with Gasteiger partial charge in [0.2, 0.25) is 5.91 Å². The van der Waals surface area contributed by atoms with Crippen molar-refractivity contribution in [3.8, 4) is 0 Å². The molecule has 1 aromatic carbocycles. The SMILES string of the molecule is COCCC(C)NC(=O)C(C)c1cccc(N)c1. The second kappa shape index (κ2) is 7.01. The van der Waals surface area contributed by atoms with Crippen LogP contribution in [0.3, 0.4) is 0 Å². The zero-order chi connectivity index (χ0) is 13.5. The highest BCUT2D eigenvalue weighted by molar-refractivity contribution is 5.83. The molecule has 0 spiro atoms. The lowest BCUT2D eigenvalue weighted by atomic mass is 9.99. The van der Waals surface area contributed by atoms with Crippen molar-refractivity contribution in [3.05, 3.63) is 29.8 Å². The number of nitrogens with two attached hydrogens (primary N) is 1. The Morgan fingerprint density at radius 2 is 2.17 bits per heavy atom. The molecule has 1 amide bonds. The number of methoxy groups -OCH3 is 1. The first-order valence-electron chi connectivity index (χ1n) is 6.19. The molecule has 4 heteroatoms. The summed E-state index contributed by atoms with van der Waals surface area (Å²) in [5, 5.41) is 2.97. The second-order valence-corrected chi connectivity index (χ2v) is 4.58. The molecule has 0 aliphatic rings. The van der Waals surface area contributed by atoms with Crippen LogP contribution in [0.4, 0.5) is 5.69 Å². The molecule has 3 N–H and O–H groups in total. The van der Waals surface area contributed by atoms with Gasteiger partial charge in [0.25, 0.3) is 0 Å². The van der Waals surface area contributed by atoms with Crippen molar-refractivity contribution in [3.63, 3.8) is 0 Å². The van der Waals surface area contributed by atoms with E-state index in [0.717, 1.165) is 12.0 Å². The Labute approximate surface area is 109 Å². The minimum Gasteiger partial charge on any atom is -0.399 e. The van der Waals surface area contributed by atoms with Gasteiger partial charge < -0.3 is 15.8 Å². The molecule has 2 unspecified atom stereocenters. The zero-order valence-electron chi connectivity index (χ0n) is 11.3. The number of benzene rings is 1. The Hall–Kier alpha value is -1.55. The van der Waals surface area contributed by atoms with Crippen molar-refractivity contribution < 1.29 is 9.53 Å². The minimum atomic E-state index is -0.196. The monoisotopic (exact) mass is 250 g/mol. The highest BCUT2D eigenvalue weighted by Crippen LogP contribution is 2.18. The molecule has 2 atom stereocenters. The van der Waals surface area contributed by atoms with Crippen molar-refractivity contribution in [1.82, 2.24) is 5.32 Å². The van der Waals surface area contributed by atoms with Crippen molar-refractivity contribution >= 4 is 11.6 Å². The van der Waals surface area contributed by atoms with Crippen LogP contribution in [0.15, 0.2) is 24.3 Å². The third kappa shape index (κ3) is 4.37. The maximum Gasteiger partial charge on any atom is 0.227 e. The fourth-order valence-corrected chi connectivity index (χ4v) is 1.71. The zero-order valence-corrected chi connectivity index (χ0v) is 11.3. The Morgan fingerprint density at radius 1 is 1.44 bits per heavy atom. The average Bonchev–Trinajstić information content (AvgIpc) is 2.35. The predicted molar refractivity (Wildman–Crippen MR) is 73.4 cm³/mol. The number of carbonyl (C=O) groups is 1. The van der Waals surface area contributed by atoms with E-state index in [-0.39, 0.29) is 17.9 Å².